The van der Waals surface area contributed by atoms with Crippen LogP contribution in [0.15, 0.2) is 12.2 Å². The van der Waals surface area contributed by atoms with Crippen molar-refractivity contribution in [1.82, 2.24) is 0 Å². The summed E-state index contributed by atoms with van der Waals surface area (Å²) in [4.78, 5) is 19.8. The second kappa shape index (κ2) is 4.13. The predicted molar refractivity (Wildman–Crippen MR) is 41.7 cm³/mol. The summed E-state index contributed by atoms with van der Waals surface area (Å²) in [6.07, 6.45) is 2.89. The van der Waals surface area contributed by atoms with Gasteiger partial charge >= 0.3 is 5.97 Å². The Kier molecular flexibility index (Phi) is 3.82. The Morgan fingerprint density at radius 2 is 1.91 bits per heavy atom. The second-order valence-electron chi connectivity index (χ2n) is 3.10. The van der Waals surface area contributed by atoms with Crippen LogP contribution in [0.4, 0.5) is 0 Å². The predicted octanol–water partition coefficient (Wildman–Crippen LogP) is 1.84. The normalized spacial score (nSPS) is 12.0. The summed E-state index contributed by atoms with van der Waals surface area (Å²) < 4.78 is 0. The van der Waals surface area contributed by atoms with Crippen molar-refractivity contribution in [3.63, 3.8) is 0 Å². The molecule has 0 aromatic heterocycles. The van der Waals surface area contributed by atoms with Gasteiger partial charge in [-0.1, -0.05) is 6.08 Å². The lowest BCUT2D eigenvalue weighted by atomic mass is 10.2. The van der Waals surface area contributed by atoms with Crippen LogP contribution in [0.25, 0.3) is 0 Å². The maximum Gasteiger partial charge on any atom is 0.365 e. The van der Waals surface area contributed by atoms with E-state index in [4.69, 9.17) is 4.89 Å². The SMILES string of the molecule is C/C=C/C(=O)OOC(C)(C)C. The monoisotopic (exact) mass is 158 g/mol. The molecule has 11 heavy (non-hydrogen) atoms. The van der Waals surface area contributed by atoms with E-state index in [1.807, 2.05) is 0 Å². The lowest BCUT2D eigenvalue weighted by Gasteiger charge is -2.15. The summed E-state index contributed by atoms with van der Waals surface area (Å²) >= 11 is 0. The van der Waals surface area contributed by atoms with Crippen molar-refractivity contribution in [2.24, 2.45) is 0 Å². The van der Waals surface area contributed by atoms with Crippen molar-refractivity contribution in [2.45, 2.75) is 33.3 Å². The van der Waals surface area contributed by atoms with Crippen molar-refractivity contribution < 1.29 is 14.6 Å². The first kappa shape index (κ1) is 10.2. The highest BCUT2D eigenvalue weighted by Crippen LogP contribution is 2.06. The van der Waals surface area contributed by atoms with Crippen LogP contribution in [0, 0.1) is 0 Å². The van der Waals surface area contributed by atoms with Crippen LogP contribution in [-0.2, 0) is 14.6 Å². The molecule has 0 aliphatic heterocycles. The Morgan fingerprint density at radius 3 is 2.27 bits per heavy atom. The minimum absolute atomic E-state index is 0.447. The van der Waals surface area contributed by atoms with Crippen LogP contribution < -0.4 is 0 Å². The first-order valence-corrected chi connectivity index (χ1v) is 3.48. The van der Waals surface area contributed by atoms with E-state index < -0.39 is 11.6 Å². The topological polar surface area (TPSA) is 35.5 Å². The molecule has 0 bridgehead atoms. The first-order chi connectivity index (χ1) is 4.95. The van der Waals surface area contributed by atoms with E-state index in [0.717, 1.165) is 0 Å². The van der Waals surface area contributed by atoms with Crippen LogP contribution >= 0.6 is 0 Å². The summed E-state index contributed by atoms with van der Waals surface area (Å²) in [5.41, 5.74) is -0.447. The lowest BCUT2D eigenvalue weighted by Crippen LogP contribution is -2.21. The van der Waals surface area contributed by atoms with Crippen molar-refractivity contribution >= 4 is 5.97 Å². The molecular formula is C8H14O3. The molecule has 0 amide bonds. The van der Waals surface area contributed by atoms with Gasteiger partial charge in [-0.25, -0.2) is 4.79 Å². The second-order valence-corrected chi connectivity index (χ2v) is 3.10. The molecule has 0 N–H and O–H groups in total. The Morgan fingerprint density at radius 1 is 1.36 bits per heavy atom. The van der Waals surface area contributed by atoms with Crippen LogP contribution in [0.2, 0.25) is 0 Å². The van der Waals surface area contributed by atoms with Crippen molar-refractivity contribution in [3.05, 3.63) is 12.2 Å². The molecule has 0 saturated carbocycles. The highest BCUT2D eigenvalue weighted by molar-refractivity contribution is 5.81. The largest absolute Gasteiger partial charge is 0.365 e. The van der Waals surface area contributed by atoms with Gasteiger partial charge in [0, 0.05) is 6.08 Å². The van der Waals surface area contributed by atoms with Gasteiger partial charge in [-0.3, -0.25) is 4.89 Å². The zero-order valence-electron chi connectivity index (χ0n) is 7.38. The van der Waals surface area contributed by atoms with Gasteiger partial charge in [-0.2, -0.15) is 4.89 Å². The molecule has 0 heterocycles. The number of rotatable bonds is 2. The van der Waals surface area contributed by atoms with E-state index in [9.17, 15) is 4.79 Å². The number of allylic oxidation sites excluding steroid dienone is 1. The van der Waals surface area contributed by atoms with Crippen LogP contribution in [0.1, 0.15) is 27.7 Å². The molecule has 0 atom stereocenters. The molecule has 0 spiro atoms. The number of carbonyl (C=O) groups excluding carboxylic acids is 1. The summed E-state index contributed by atoms with van der Waals surface area (Å²) in [5.74, 6) is -0.484. The van der Waals surface area contributed by atoms with Gasteiger partial charge in [-0.05, 0) is 27.7 Å². The van der Waals surface area contributed by atoms with Gasteiger partial charge in [-0.15, -0.1) is 0 Å². The zero-order valence-corrected chi connectivity index (χ0v) is 7.38. The van der Waals surface area contributed by atoms with Gasteiger partial charge in [0.15, 0.2) is 0 Å². The minimum atomic E-state index is -0.484. The molecule has 0 aromatic carbocycles. The van der Waals surface area contributed by atoms with E-state index in [1.54, 1.807) is 33.8 Å². The fourth-order valence-electron chi connectivity index (χ4n) is 0.330. The highest BCUT2D eigenvalue weighted by Gasteiger charge is 2.13. The molecule has 0 aliphatic carbocycles. The summed E-state index contributed by atoms with van der Waals surface area (Å²) in [5, 5.41) is 0. The third-order valence-electron chi connectivity index (χ3n) is 0.677. The standard InChI is InChI=1S/C8H14O3/c1-5-6-7(9)10-11-8(2,3)4/h5-6H,1-4H3/b6-5+. The Bertz CT molecular complexity index is 153. The molecule has 0 radical (unpaired) electrons. The number of hydrogen-bond acceptors (Lipinski definition) is 3. The molecule has 0 rings (SSSR count). The van der Waals surface area contributed by atoms with E-state index in [2.05, 4.69) is 4.89 Å². The van der Waals surface area contributed by atoms with Crippen LogP contribution in [-0.4, -0.2) is 11.6 Å². The Balaban J connectivity index is 3.63. The molecule has 0 fully saturated rings. The van der Waals surface area contributed by atoms with Crippen molar-refractivity contribution in [3.8, 4) is 0 Å². The maximum absolute atomic E-state index is 10.7. The fraction of sp³-hybridized carbons (Fsp3) is 0.625. The van der Waals surface area contributed by atoms with Gasteiger partial charge in [0.1, 0.15) is 5.60 Å². The van der Waals surface area contributed by atoms with Gasteiger partial charge in [0.05, 0.1) is 0 Å². The Labute approximate surface area is 66.9 Å². The fourth-order valence-corrected chi connectivity index (χ4v) is 0.330. The van der Waals surface area contributed by atoms with Crippen molar-refractivity contribution in [1.29, 1.82) is 0 Å². The average Bonchev–Trinajstić information content (AvgIpc) is 1.83. The van der Waals surface area contributed by atoms with E-state index in [1.165, 1.54) is 6.08 Å². The Hall–Kier alpha value is -0.830. The minimum Gasteiger partial charge on any atom is -0.293 e. The smallest absolute Gasteiger partial charge is 0.293 e. The number of carbonyl (C=O) groups is 1. The molecule has 0 aromatic rings. The van der Waals surface area contributed by atoms with Gasteiger partial charge in [0.2, 0.25) is 0 Å². The molecule has 0 aliphatic rings. The molecule has 3 nitrogen and oxygen atoms in total. The maximum atomic E-state index is 10.7. The van der Waals surface area contributed by atoms with E-state index >= 15 is 0 Å². The van der Waals surface area contributed by atoms with Crippen LogP contribution in [0.3, 0.4) is 0 Å². The van der Waals surface area contributed by atoms with E-state index in [0.29, 0.717) is 0 Å². The van der Waals surface area contributed by atoms with Crippen LogP contribution in [0.5, 0.6) is 0 Å². The summed E-state index contributed by atoms with van der Waals surface area (Å²) in [7, 11) is 0. The first-order valence-electron chi connectivity index (χ1n) is 3.48. The molecule has 3 heteroatoms. The quantitative estimate of drug-likeness (QED) is 0.349. The average molecular weight is 158 g/mol. The third-order valence-corrected chi connectivity index (χ3v) is 0.677. The summed E-state index contributed by atoms with van der Waals surface area (Å²) in [6.45, 7) is 7.14. The third kappa shape index (κ3) is 7.06. The number of hydrogen-bond donors (Lipinski definition) is 0. The summed E-state index contributed by atoms with van der Waals surface area (Å²) in [6, 6.07) is 0. The molecule has 0 unspecified atom stereocenters. The van der Waals surface area contributed by atoms with Crippen molar-refractivity contribution in [2.75, 3.05) is 0 Å². The lowest BCUT2D eigenvalue weighted by molar-refractivity contribution is -0.316. The molecule has 0 saturated heterocycles. The van der Waals surface area contributed by atoms with Gasteiger partial charge < -0.3 is 0 Å². The zero-order chi connectivity index (χ0) is 8.91. The highest BCUT2D eigenvalue weighted by atomic mass is 17.2. The van der Waals surface area contributed by atoms with E-state index in [-0.39, 0.29) is 0 Å². The molecule has 64 valence electrons. The van der Waals surface area contributed by atoms with Gasteiger partial charge in [0.25, 0.3) is 0 Å². The molecular weight excluding hydrogens is 144 g/mol.